The molecule has 1 amide bonds. The van der Waals surface area contributed by atoms with Gasteiger partial charge in [-0.3, -0.25) is 10.1 Å². The third-order valence-electron chi connectivity index (χ3n) is 3.48. The predicted molar refractivity (Wildman–Crippen MR) is 82.5 cm³/mol. The number of likely N-dealkylation sites (N-methyl/N-ethyl adjacent to an activating group) is 1. The number of methoxy groups -OCH3 is 1. The minimum Gasteiger partial charge on any atom is -0.493 e. The van der Waals surface area contributed by atoms with Crippen molar-refractivity contribution < 1.29 is 13.9 Å². The molecule has 0 bridgehead atoms. The number of ether oxygens (including phenoxy) is 1. The number of amides is 1. The molecule has 5 heteroatoms. The maximum atomic E-state index is 11.9. The summed E-state index contributed by atoms with van der Waals surface area (Å²) in [7, 11) is 5.12. The average Bonchev–Trinajstić information content (AvgIpc) is 2.90. The van der Waals surface area contributed by atoms with Crippen LogP contribution in [0.15, 0.2) is 28.7 Å². The molecule has 0 fully saturated rings. The fourth-order valence-corrected chi connectivity index (χ4v) is 2.35. The molecule has 0 aliphatic heterocycles. The number of nitrogens with one attached hydrogen (secondary N) is 1. The zero-order valence-electron chi connectivity index (χ0n) is 13.1. The Morgan fingerprint density at radius 1 is 1.33 bits per heavy atom. The van der Waals surface area contributed by atoms with E-state index in [1.807, 2.05) is 38.1 Å². The van der Waals surface area contributed by atoms with Gasteiger partial charge in [0.05, 0.1) is 19.2 Å². The van der Waals surface area contributed by atoms with Gasteiger partial charge in [-0.2, -0.15) is 0 Å². The van der Waals surface area contributed by atoms with Crippen molar-refractivity contribution in [2.75, 3.05) is 21.2 Å². The number of carbonyl (C=O) groups excluding carboxylic acids is 1. The maximum Gasteiger partial charge on any atom is 0.238 e. The minimum absolute atomic E-state index is 0.0375. The minimum atomic E-state index is -0.273. The third-order valence-corrected chi connectivity index (χ3v) is 3.48. The molecule has 2 rings (SSSR count). The molecule has 1 aromatic carbocycles. The highest BCUT2D eigenvalue weighted by atomic mass is 16.5. The summed E-state index contributed by atoms with van der Waals surface area (Å²) >= 11 is 0. The molecule has 2 atom stereocenters. The second kappa shape index (κ2) is 6.18. The van der Waals surface area contributed by atoms with E-state index in [1.54, 1.807) is 26.1 Å². The van der Waals surface area contributed by atoms with Crippen LogP contribution < -0.4 is 10.1 Å². The number of hydrogen-bond acceptors (Lipinski definition) is 4. The molecule has 21 heavy (non-hydrogen) atoms. The number of para-hydroxylation sites is 1. The van der Waals surface area contributed by atoms with Crippen molar-refractivity contribution in [3.63, 3.8) is 0 Å². The van der Waals surface area contributed by atoms with Gasteiger partial charge < -0.3 is 14.1 Å². The van der Waals surface area contributed by atoms with E-state index in [4.69, 9.17) is 9.15 Å². The number of carbonyl (C=O) groups is 1. The molecule has 0 radical (unpaired) electrons. The number of rotatable bonds is 5. The summed E-state index contributed by atoms with van der Waals surface area (Å²) in [4.78, 5) is 13.5. The molecule has 0 aliphatic rings. The second-order valence-electron chi connectivity index (χ2n) is 5.37. The number of furan rings is 1. The summed E-state index contributed by atoms with van der Waals surface area (Å²) in [5.41, 5.74) is 0.732. The normalized spacial score (nSPS) is 14.0. The first-order valence-corrected chi connectivity index (χ1v) is 6.97. The van der Waals surface area contributed by atoms with Gasteiger partial charge in [0, 0.05) is 19.5 Å². The van der Waals surface area contributed by atoms with Crippen LogP contribution in [-0.2, 0) is 4.79 Å². The molecular weight excluding hydrogens is 268 g/mol. The van der Waals surface area contributed by atoms with Gasteiger partial charge in [-0.1, -0.05) is 12.1 Å². The number of benzene rings is 1. The van der Waals surface area contributed by atoms with Gasteiger partial charge in [-0.15, -0.1) is 0 Å². The van der Waals surface area contributed by atoms with Gasteiger partial charge >= 0.3 is 0 Å². The summed E-state index contributed by atoms with van der Waals surface area (Å²) < 4.78 is 11.2. The quantitative estimate of drug-likeness (QED) is 0.919. The smallest absolute Gasteiger partial charge is 0.238 e. The predicted octanol–water partition coefficient (Wildman–Crippen LogP) is 2.57. The second-order valence-corrected chi connectivity index (χ2v) is 5.37. The Morgan fingerprint density at radius 3 is 2.67 bits per heavy atom. The van der Waals surface area contributed by atoms with Crippen LogP contribution >= 0.6 is 0 Å². The van der Waals surface area contributed by atoms with Gasteiger partial charge in [-0.25, -0.2) is 0 Å². The lowest BCUT2D eigenvalue weighted by Gasteiger charge is -2.21. The lowest BCUT2D eigenvalue weighted by Crippen LogP contribution is -2.42. The Labute approximate surface area is 124 Å². The largest absolute Gasteiger partial charge is 0.493 e. The van der Waals surface area contributed by atoms with Crippen LogP contribution in [0.5, 0.6) is 5.75 Å². The maximum absolute atomic E-state index is 11.9. The molecule has 0 spiro atoms. The summed E-state index contributed by atoms with van der Waals surface area (Å²) in [5.74, 6) is 1.53. The van der Waals surface area contributed by atoms with Crippen molar-refractivity contribution in [2.24, 2.45) is 0 Å². The van der Waals surface area contributed by atoms with E-state index in [1.165, 1.54) is 0 Å². The molecular formula is C16H22N2O3. The van der Waals surface area contributed by atoms with Crippen LogP contribution in [0.4, 0.5) is 0 Å². The van der Waals surface area contributed by atoms with Gasteiger partial charge in [-0.05, 0) is 26.0 Å². The van der Waals surface area contributed by atoms with E-state index < -0.39 is 0 Å². The molecule has 2 aromatic rings. The summed E-state index contributed by atoms with van der Waals surface area (Å²) in [6, 6.07) is 7.41. The van der Waals surface area contributed by atoms with Crippen molar-refractivity contribution >= 4 is 16.9 Å². The molecule has 5 nitrogen and oxygen atoms in total. The highest BCUT2D eigenvalue weighted by Crippen LogP contribution is 2.30. The van der Waals surface area contributed by atoms with Crippen LogP contribution in [0.1, 0.15) is 25.6 Å². The Hall–Kier alpha value is -2.01. The first-order valence-electron chi connectivity index (χ1n) is 6.97. The third kappa shape index (κ3) is 3.19. The van der Waals surface area contributed by atoms with Gasteiger partial charge in [0.15, 0.2) is 11.3 Å². The summed E-state index contributed by atoms with van der Waals surface area (Å²) in [5, 5.41) is 4.24. The first-order chi connectivity index (χ1) is 9.93. The van der Waals surface area contributed by atoms with Crippen LogP contribution in [-0.4, -0.2) is 38.1 Å². The fourth-order valence-electron chi connectivity index (χ4n) is 2.35. The van der Waals surface area contributed by atoms with Crippen LogP contribution in [0.25, 0.3) is 11.0 Å². The lowest BCUT2D eigenvalue weighted by atomic mass is 10.2. The van der Waals surface area contributed by atoms with Gasteiger partial charge in [0.1, 0.15) is 5.76 Å². The van der Waals surface area contributed by atoms with Gasteiger partial charge in [0.2, 0.25) is 5.91 Å². The molecule has 114 valence electrons. The van der Waals surface area contributed by atoms with E-state index in [0.717, 1.165) is 16.7 Å². The summed E-state index contributed by atoms with van der Waals surface area (Å²) in [6.45, 7) is 3.83. The zero-order chi connectivity index (χ0) is 15.6. The van der Waals surface area contributed by atoms with E-state index in [2.05, 4.69) is 5.32 Å². The topological polar surface area (TPSA) is 54.7 Å². The van der Waals surface area contributed by atoms with Crippen molar-refractivity contribution in [2.45, 2.75) is 25.9 Å². The van der Waals surface area contributed by atoms with E-state index in [-0.39, 0.29) is 18.0 Å². The average molecular weight is 290 g/mol. The lowest BCUT2D eigenvalue weighted by molar-refractivity contribution is -0.130. The highest BCUT2D eigenvalue weighted by molar-refractivity contribution is 5.84. The van der Waals surface area contributed by atoms with Crippen molar-refractivity contribution in [1.82, 2.24) is 10.2 Å². The molecule has 0 aliphatic carbocycles. The molecule has 1 aromatic heterocycles. The number of nitrogens with zero attached hydrogens (tertiary/aromatic N) is 1. The van der Waals surface area contributed by atoms with Crippen molar-refractivity contribution in [3.8, 4) is 5.75 Å². The van der Waals surface area contributed by atoms with E-state index in [0.29, 0.717) is 5.75 Å². The summed E-state index contributed by atoms with van der Waals surface area (Å²) in [6.07, 6.45) is 0. The molecule has 0 saturated carbocycles. The molecule has 1 N–H and O–H groups in total. The number of hydrogen-bond donors (Lipinski definition) is 1. The SMILES string of the molecule is COc1cccc2cc(C(C)NC(C)C(=O)N(C)C)oc12. The Balaban J connectivity index is 2.20. The standard InChI is InChI=1S/C16H22N2O3/c1-10(17-11(2)16(19)18(3)4)14-9-12-7-6-8-13(20-5)15(12)21-14/h6-11,17H,1-5H3. The molecule has 1 heterocycles. The number of fused-ring (bicyclic) bond motifs is 1. The van der Waals surface area contributed by atoms with Gasteiger partial charge in [0.25, 0.3) is 0 Å². The Bertz CT molecular complexity index is 633. The highest BCUT2D eigenvalue weighted by Gasteiger charge is 2.20. The van der Waals surface area contributed by atoms with Crippen LogP contribution in [0, 0.1) is 0 Å². The molecule has 0 saturated heterocycles. The van der Waals surface area contributed by atoms with Crippen LogP contribution in [0.2, 0.25) is 0 Å². The van der Waals surface area contributed by atoms with Crippen LogP contribution in [0.3, 0.4) is 0 Å². The Morgan fingerprint density at radius 2 is 2.05 bits per heavy atom. The van der Waals surface area contributed by atoms with Crippen molar-refractivity contribution in [1.29, 1.82) is 0 Å². The monoisotopic (exact) mass is 290 g/mol. The zero-order valence-corrected chi connectivity index (χ0v) is 13.1. The molecule has 2 unspecified atom stereocenters. The Kier molecular flexibility index (Phi) is 4.53. The van der Waals surface area contributed by atoms with E-state index >= 15 is 0 Å². The van der Waals surface area contributed by atoms with Crippen molar-refractivity contribution in [3.05, 3.63) is 30.0 Å². The van der Waals surface area contributed by atoms with E-state index in [9.17, 15) is 4.79 Å². The fraction of sp³-hybridized carbons (Fsp3) is 0.438. The first kappa shape index (κ1) is 15.4.